The number of hydrogen-bond donors (Lipinski definition) is 1. The minimum Gasteiger partial charge on any atom is -0.343 e. The Bertz CT molecular complexity index is 334. The van der Waals surface area contributed by atoms with Crippen molar-refractivity contribution < 1.29 is 14.3 Å². The number of ether oxygens (including phenoxy) is 2. The molecule has 0 bridgehead atoms. The SMILES string of the molecule is CC1CC2(CCN(C3OC3OC(C)(C)C)CC2)ON1. The van der Waals surface area contributed by atoms with Crippen LogP contribution in [0.5, 0.6) is 0 Å². The Morgan fingerprint density at radius 3 is 2.47 bits per heavy atom. The van der Waals surface area contributed by atoms with Crippen molar-refractivity contribution >= 4 is 0 Å². The Hall–Kier alpha value is -0.200. The lowest BCUT2D eigenvalue weighted by Gasteiger charge is -2.37. The molecule has 110 valence electrons. The molecule has 1 spiro atoms. The molecule has 1 N–H and O–H groups in total. The van der Waals surface area contributed by atoms with Gasteiger partial charge in [0.1, 0.15) is 0 Å². The molecule has 0 aromatic heterocycles. The number of rotatable bonds is 2. The first-order valence-corrected chi connectivity index (χ1v) is 7.38. The normalized spacial score (nSPS) is 38.8. The molecule has 0 aromatic carbocycles. The highest BCUT2D eigenvalue weighted by Gasteiger charge is 2.50. The van der Waals surface area contributed by atoms with Crippen LogP contribution in [-0.4, -0.2) is 47.8 Å². The smallest absolute Gasteiger partial charge is 0.200 e. The van der Waals surface area contributed by atoms with Crippen molar-refractivity contribution in [3.8, 4) is 0 Å². The first-order valence-electron chi connectivity index (χ1n) is 7.38. The lowest BCUT2D eigenvalue weighted by Crippen LogP contribution is -2.46. The summed E-state index contributed by atoms with van der Waals surface area (Å²) < 4.78 is 11.5. The Kier molecular flexibility index (Phi) is 3.38. The third kappa shape index (κ3) is 3.11. The van der Waals surface area contributed by atoms with Crippen LogP contribution in [-0.2, 0) is 14.3 Å². The summed E-state index contributed by atoms with van der Waals surface area (Å²) in [6.45, 7) is 10.4. The Balaban J connectivity index is 1.47. The molecule has 0 aromatic rings. The van der Waals surface area contributed by atoms with Crippen molar-refractivity contribution in [3.63, 3.8) is 0 Å². The monoisotopic (exact) mass is 270 g/mol. The molecule has 3 rings (SSSR count). The van der Waals surface area contributed by atoms with E-state index in [4.69, 9.17) is 14.3 Å². The number of piperidine rings is 1. The van der Waals surface area contributed by atoms with Crippen LogP contribution in [0.25, 0.3) is 0 Å². The maximum absolute atomic E-state index is 5.84. The zero-order valence-electron chi connectivity index (χ0n) is 12.4. The fourth-order valence-electron chi connectivity index (χ4n) is 3.14. The molecule has 5 heteroatoms. The molecule has 3 aliphatic rings. The van der Waals surface area contributed by atoms with E-state index in [1.54, 1.807) is 0 Å². The highest BCUT2D eigenvalue weighted by atomic mass is 16.8. The summed E-state index contributed by atoms with van der Waals surface area (Å²) in [6.07, 6.45) is 3.38. The van der Waals surface area contributed by atoms with Gasteiger partial charge in [0.25, 0.3) is 0 Å². The summed E-state index contributed by atoms with van der Waals surface area (Å²) in [4.78, 5) is 8.18. The van der Waals surface area contributed by atoms with Crippen LogP contribution in [0.3, 0.4) is 0 Å². The lowest BCUT2D eigenvalue weighted by molar-refractivity contribution is -0.0939. The van der Waals surface area contributed by atoms with E-state index in [1.165, 1.54) is 0 Å². The van der Waals surface area contributed by atoms with Crippen molar-refractivity contribution in [1.82, 2.24) is 10.4 Å². The van der Waals surface area contributed by atoms with Crippen LogP contribution >= 0.6 is 0 Å². The zero-order chi connectivity index (χ0) is 13.7. The molecular weight excluding hydrogens is 244 g/mol. The molecule has 3 fully saturated rings. The summed E-state index contributed by atoms with van der Waals surface area (Å²) in [7, 11) is 0. The predicted octanol–water partition coefficient (Wildman–Crippen LogP) is 1.63. The Morgan fingerprint density at radius 1 is 1.26 bits per heavy atom. The minimum atomic E-state index is -0.135. The van der Waals surface area contributed by atoms with Crippen molar-refractivity contribution in [2.45, 2.75) is 76.7 Å². The second kappa shape index (κ2) is 4.67. The van der Waals surface area contributed by atoms with Gasteiger partial charge in [0.15, 0.2) is 12.5 Å². The van der Waals surface area contributed by atoms with Crippen LogP contribution in [0, 0.1) is 0 Å². The van der Waals surface area contributed by atoms with Crippen LogP contribution in [0.2, 0.25) is 0 Å². The van der Waals surface area contributed by atoms with Crippen LogP contribution in [0.15, 0.2) is 0 Å². The van der Waals surface area contributed by atoms with Gasteiger partial charge < -0.3 is 9.47 Å². The first kappa shape index (κ1) is 13.8. The maximum Gasteiger partial charge on any atom is 0.200 e. The van der Waals surface area contributed by atoms with E-state index < -0.39 is 0 Å². The quantitative estimate of drug-likeness (QED) is 0.773. The standard InChI is InChI=1S/C14H26N2O3/c1-10-9-14(19-15-10)5-7-16(8-6-14)11-12(17-11)18-13(2,3)4/h10-12,15H,5-9H2,1-4H3. The predicted molar refractivity (Wildman–Crippen MR) is 71.3 cm³/mol. The van der Waals surface area contributed by atoms with E-state index in [0.717, 1.165) is 32.4 Å². The van der Waals surface area contributed by atoms with Gasteiger partial charge in [-0.15, -0.1) is 0 Å². The summed E-state index contributed by atoms with van der Waals surface area (Å²) in [5.74, 6) is 0. The summed E-state index contributed by atoms with van der Waals surface area (Å²) in [5, 5.41) is 0. The number of likely N-dealkylation sites (tertiary alicyclic amines) is 1. The topological polar surface area (TPSA) is 46.3 Å². The third-order valence-corrected chi connectivity index (χ3v) is 4.12. The maximum atomic E-state index is 5.84. The summed E-state index contributed by atoms with van der Waals surface area (Å²) in [5.41, 5.74) is 3.03. The van der Waals surface area contributed by atoms with Crippen LogP contribution in [0.1, 0.15) is 47.0 Å². The fraction of sp³-hybridized carbons (Fsp3) is 1.00. The number of hydroxylamine groups is 1. The second-order valence-corrected chi connectivity index (χ2v) is 7.17. The van der Waals surface area contributed by atoms with Gasteiger partial charge >= 0.3 is 0 Å². The Morgan fingerprint density at radius 2 is 1.95 bits per heavy atom. The number of epoxide rings is 1. The minimum absolute atomic E-state index is 0.0457. The number of nitrogens with zero attached hydrogens (tertiary/aromatic N) is 1. The molecule has 0 saturated carbocycles. The Labute approximate surface area is 115 Å². The van der Waals surface area contributed by atoms with Gasteiger partial charge in [-0.2, -0.15) is 5.48 Å². The van der Waals surface area contributed by atoms with E-state index >= 15 is 0 Å². The summed E-state index contributed by atoms with van der Waals surface area (Å²) >= 11 is 0. The van der Waals surface area contributed by atoms with E-state index in [2.05, 4.69) is 38.1 Å². The number of hydrogen-bond acceptors (Lipinski definition) is 5. The van der Waals surface area contributed by atoms with Gasteiger partial charge in [-0.25, -0.2) is 0 Å². The molecule has 3 unspecified atom stereocenters. The second-order valence-electron chi connectivity index (χ2n) is 7.17. The van der Waals surface area contributed by atoms with Crippen LogP contribution in [0.4, 0.5) is 0 Å². The number of nitrogens with one attached hydrogen (secondary N) is 1. The van der Waals surface area contributed by atoms with Gasteiger partial charge in [0.05, 0.1) is 11.2 Å². The molecular formula is C14H26N2O3. The molecule has 5 nitrogen and oxygen atoms in total. The molecule has 0 aliphatic carbocycles. The first-order chi connectivity index (χ1) is 8.87. The molecule has 3 aliphatic heterocycles. The van der Waals surface area contributed by atoms with Crippen molar-refractivity contribution in [1.29, 1.82) is 0 Å². The molecule has 3 heterocycles. The van der Waals surface area contributed by atoms with Gasteiger partial charge in [-0.3, -0.25) is 9.74 Å². The van der Waals surface area contributed by atoms with Crippen molar-refractivity contribution in [2.24, 2.45) is 0 Å². The van der Waals surface area contributed by atoms with E-state index in [1.807, 2.05) is 0 Å². The average Bonchev–Trinajstić information content (AvgIpc) is 2.95. The largest absolute Gasteiger partial charge is 0.343 e. The van der Waals surface area contributed by atoms with E-state index in [9.17, 15) is 0 Å². The van der Waals surface area contributed by atoms with Crippen molar-refractivity contribution in [2.75, 3.05) is 13.1 Å². The van der Waals surface area contributed by atoms with Gasteiger partial charge in [0.2, 0.25) is 0 Å². The highest BCUT2D eigenvalue weighted by molar-refractivity contribution is 4.95. The molecule has 3 saturated heterocycles. The van der Waals surface area contributed by atoms with Gasteiger partial charge in [-0.05, 0) is 47.0 Å². The van der Waals surface area contributed by atoms with Gasteiger partial charge in [-0.1, -0.05) is 0 Å². The summed E-state index contributed by atoms with van der Waals surface area (Å²) in [6, 6.07) is 0.473. The molecule has 3 atom stereocenters. The highest BCUT2D eigenvalue weighted by Crippen LogP contribution is 2.38. The lowest BCUT2D eigenvalue weighted by atomic mass is 9.87. The molecule has 19 heavy (non-hydrogen) atoms. The third-order valence-electron chi connectivity index (χ3n) is 4.12. The van der Waals surface area contributed by atoms with E-state index in [0.29, 0.717) is 6.04 Å². The zero-order valence-corrected chi connectivity index (χ0v) is 12.4. The van der Waals surface area contributed by atoms with Crippen LogP contribution < -0.4 is 5.48 Å². The van der Waals surface area contributed by atoms with E-state index in [-0.39, 0.29) is 23.7 Å². The van der Waals surface area contributed by atoms with Gasteiger partial charge in [0, 0.05) is 19.1 Å². The average molecular weight is 270 g/mol. The van der Waals surface area contributed by atoms with Crippen molar-refractivity contribution in [3.05, 3.63) is 0 Å². The molecule has 0 radical (unpaired) electrons. The fourth-order valence-corrected chi connectivity index (χ4v) is 3.14. The molecule has 0 amide bonds.